The van der Waals surface area contributed by atoms with Crippen LogP contribution in [0.3, 0.4) is 0 Å². The zero-order chi connectivity index (χ0) is 15.0. The molecule has 2 heterocycles. The van der Waals surface area contributed by atoms with E-state index in [1.807, 2.05) is 18.2 Å². The van der Waals surface area contributed by atoms with Gasteiger partial charge in [0.25, 0.3) is 0 Å². The van der Waals surface area contributed by atoms with Crippen molar-refractivity contribution in [1.29, 1.82) is 0 Å². The van der Waals surface area contributed by atoms with E-state index in [0.717, 1.165) is 22.2 Å². The summed E-state index contributed by atoms with van der Waals surface area (Å²) in [5, 5.41) is 0. The third-order valence-electron chi connectivity index (χ3n) is 3.68. The Kier molecular flexibility index (Phi) is 3.13. The van der Waals surface area contributed by atoms with Gasteiger partial charge in [0.1, 0.15) is 5.82 Å². The summed E-state index contributed by atoms with van der Waals surface area (Å²) >= 11 is 0. The summed E-state index contributed by atoms with van der Waals surface area (Å²) in [6, 6.07) is 14.3. The van der Waals surface area contributed by atoms with Crippen LogP contribution >= 0.6 is 0 Å². The Balaban J connectivity index is 2.09. The Bertz CT molecular complexity index is 784. The molecule has 0 aliphatic carbocycles. The van der Waals surface area contributed by atoms with Gasteiger partial charge in [-0.15, -0.1) is 0 Å². The first-order chi connectivity index (χ1) is 9.95. The molecule has 0 unspecified atom stereocenters. The van der Waals surface area contributed by atoms with Crippen LogP contribution < -0.4 is 5.73 Å². The van der Waals surface area contributed by atoms with Gasteiger partial charge in [-0.05, 0) is 34.7 Å². The number of hydrogen-bond donors (Lipinski definition) is 1. The second kappa shape index (κ2) is 4.85. The molecule has 0 fully saturated rings. The van der Waals surface area contributed by atoms with Crippen molar-refractivity contribution in [2.45, 2.75) is 26.2 Å². The molecular weight excluding hydrogens is 258 g/mol. The Morgan fingerprint density at radius 1 is 0.952 bits per heavy atom. The molecule has 0 aliphatic heterocycles. The highest BCUT2D eigenvalue weighted by Gasteiger charge is 2.14. The quantitative estimate of drug-likeness (QED) is 0.726. The Morgan fingerprint density at radius 2 is 1.67 bits per heavy atom. The average Bonchev–Trinajstić information content (AvgIpc) is 2.46. The van der Waals surface area contributed by atoms with Gasteiger partial charge in [0.05, 0.1) is 11.0 Å². The van der Waals surface area contributed by atoms with Crippen molar-refractivity contribution < 1.29 is 0 Å². The number of nitrogens with zero attached hydrogens (tertiary/aromatic N) is 2. The maximum absolute atomic E-state index is 6.10. The van der Waals surface area contributed by atoms with E-state index in [9.17, 15) is 0 Å². The molecule has 0 spiro atoms. The van der Waals surface area contributed by atoms with Crippen LogP contribution in [-0.4, -0.2) is 9.97 Å². The van der Waals surface area contributed by atoms with Crippen LogP contribution in [0.25, 0.3) is 22.2 Å². The largest absolute Gasteiger partial charge is 0.383 e. The number of nitrogen functional groups attached to an aromatic ring is 1. The van der Waals surface area contributed by atoms with Crippen LogP contribution in [0.5, 0.6) is 0 Å². The number of hydrogen-bond acceptors (Lipinski definition) is 3. The summed E-state index contributed by atoms with van der Waals surface area (Å²) in [7, 11) is 0. The van der Waals surface area contributed by atoms with Gasteiger partial charge in [0.2, 0.25) is 0 Å². The fourth-order valence-corrected chi connectivity index (χ4v) is 2.40. The minimum atomic E-state index is 0.146. The molecule has 0 atom stereocenters. The molecule has 0 radical (unpaired) electrons. The van der Waals surface area contributed by atoms with Gasteiger partial charge >= 0.3 is 0 Å². The van der Waals surface area contributed by atoms with Crippen molar-refractivity contribution in [2.75, 3.05) is 5.73 Å². The van der Waals surface area contributed by atoms with Crippen molar-refractivity contribution in [3.63, 3.8) is 0 Å². The summed E-state index contributed by atoms with van der Waals surface area (Å²) < 4.78 is 0. The van der Waals surface area contributed by atoms with Crippen LogP contribution in [0.4, 0.5) is 5.82 Å². The Morgan fingerprint density at radius 3 is 2.33 bits per heavy atom. The molecule has 0 saturated carbocycles. The summed E-state index contributed by atoms with van der Waals surface area (Å²) in [6.07, 6.45) is 1.77. The van der Waals surface area contributed by atoms with E-state index in [4.69, 9.17) is 5.73 Å². The first-order valence-electron chi connectivity index (χ1n) is 7.07. The maximum Gasteiger partial charge on any atom is 0.132 e. The van der Waals surface area contributed by atoms with Crippen LogP contribution in [0.15, 0.2) is 48.7 Å². The second-order valence-electron chi connectivity index (χ2n) is 6.29. The molecule has 1 aromatic carbocycles. The molecule has 3 aromatic rings. The first kappa shape index (κ1) is 13.6. The highest BCUT2D eigenvalue weighted by Crippen LogP contribution is 2.30. The SMILES string of the molecule is CC(C)(C)c1ccc(-c2cc3ncccc3nc2N)cc1. The number of benzene rings is 1. The number of nitrogens with two attached hydrogens (primary N) is 1. The highest BCUT2D eigenvalue weighted by molar-refractivity contribution is 5.86. The zero-order valence-electron chi connectivity index (χ0n) is 12.6. The molecule has 0 bridgehead atoms. The third kappa shape index (κ3) is 2.59. The zero-order valence-corrected chi connectivity index (χ0v) is 12.6. The summed E-state index contributed by atoms with van der Waals surface area (Å²) in [5.74, 6) is 0.541. The Labute approximate surface area is 124 Å². The number of pyridine rings is 2. The monoisotopic (exact) mass is 277 g/mol. The van der Waals surface area contributed by atoms with Gasteiger partial charge in [-0.1, -0.05) is 45.0 Å². The summed E-state index contributed by atoms with van der Waals surface area (Å²) in [5.41, 5.74) is 11.2. The minimum Gasteiger partial charge on any atom is -0.383 e. The molecule has 21 heavy (non-hydrogen) atoms. The predicted octanol–water partition coefficient (Wildman–Crippen LogP) is 4.18. The molecule has 0 saturated heterocycles. The van der Waals surface area contributed by atoms with Crippen LogP contribution in [0.1, 0.15) is 26.3 Å². The van der Waals surface area contributed by atoms with Crippen molar-refractivity contribution in [2.24, 2.45) is 0 Å². The molecule has 106 valence electrons. The normalized spacial score (nSPS) is 11.8. The average molecular weight is 277 g/mol. The van der Waals surface area contributed by atoms with Crippen LogP contribution in [0.2, 0.25) is 0 Å². The standard InChI is InChI=1S/C18H19N3/c1-18(2,3)13-8-6-12(7-9-13)14-11-16-15(21-17(14)19)5-4-10-20-16/h4-11H,1-3H3,(H2,19,21). The lowest BCUT2D eigenvalue weighted by Crippen LogP contribution is -2.10. The lowest BCUT2D eigenvalue weighted by Gasteiger charge is -2.19. The molecule has 2 N–H and O–H groups in total. The Hall–Kier alpha value is -2.42. The molecular formula is C18H19N3. The van der Waals surface area contributed by atoms with Crippen molar-refractivity contribution in [3.8, 4) is 11.1 Å². The van der Waals surface area contributed by atoms with Crippen molar-refractivity contribution in [3.05, 3.63) is 54.2 Å². The first-order valence-corrected chi connectivity index (χ1v) is 7.07. The van der Waals surface area contributed by atoms with Gasteiger partial charge in [-0.3, -0.25) is 4.98 Å². The summed E-state index contributed by atoms with van der Waals surface area (Å²) in [6.45, 7) is 6.62. The van der Waals surface area contributed by atoms with E-state index in [0.29, 0.717) is 5.82 Å². The lowest BCUT2D eigenvalue weighted by atomic mass is 9.86. The molecule has 0 aliphatic rings. The topological polar surface area (TPSA) is 51.8 Å². The molecule has 3 rings (SSSR count). The van der Waals surface area contributed by atoms with Gasteiger partial charge < -0.3 is 5.73 Å². The van der Waals surface area contributed by atoms with E-state index in [2.05, 4.69) is 55.0 Å². The smallest absolute Gasteiger partial charge is 0.132 e. The van der Waals surface area contributed by atoms with Crippen LogP contribution in [0, 0.1) is 0 Å². The third-order valence-corrected chi connectivity index (χ3v) is 3.68. The van der Waals surface area contributed by atoms with Gasteiger partial charge in [0.15, 0.2) is 0 Å². The number of aromatic nitrogens is 2. The molecule has 3 heteroatoms. The van der Waals surface area contributed by atoms with Crippen molar-refractivity contribution in [1.82, 2.24) is 9.97 Å². The van der Waals surface area contributed by atoms with Crippen molar-refractivity contribution >= 4 is 16.9 Å². The maximum atomic E-state index is 6.10. The van der Waals surface area contributed by atoms with E-state index in [1.54, 1.807) is 6.20 Å². The van der Waals surface area contributed by atoms with Gasteiger partial charge in [0, 0.05) is 11.8 Å². The number of anilines is 1. The fourth-order valence-electron chi connectivity index (χ4n) is 2.40. The molecule has 0 amide bonds. The summed E-state index contributed by atoms with van der Waals surface area (Å²) in [4.78, 5) is 8.79. The van der Waals surface area contributed by atoms with E-state index in [-0.39, 0.29) is 5.41 Å². The predicted molar refractivity (Wildman–Crippen MR) is 88.1 cm³/mol. The fraction of sp³-hybridized carbons (Fsp3) is 0.222. The van der Waals surface area contributed by atoms with Crippen LogP contribution in [-0.2, 0) is 5.41 Å². The minimum absolute atomic E-state index is 0.146. The molecule has 2 aromatic heterocycles. The number of fused-ring (bicyclic) bond motifs is 1. The van der Waals surface area contributed by atoms with Gasteiger partial charge in [-0.2, -0.15) is 0 Å². The second-order valence-corrected chi connectivity index (χ2v) is 6.29. The highest BCUT2D eigenvalue weighted by atomic mass is 14.9. The lowest BCUT2D eigenvalue weighted by molar-refractivity contribution is 0.590. The molecule has 3 nitrogen and oxygen atoms in total. The number of rotatable bonds is 1. The van der Waals surface area contributed by atoms with E-state index >= 15 is 0 Å². The van der Waals surface area contributed by atoms with Gasteiger partial charge in [-0.25, -0.2) is 4.98 Å². The van der Waals surface area contributed by atoms with E-state index in [1.165, 1.54) is 5.56 Å². The van der Waals surface area contributed by atoms with E-state index < -0.39 is 0 Å².